The van der Waals surface area contributed by atoms with Gasteiger partial charge in [0.05, 0.1) is 18.2 Å². The van der Waals surface area contributed by atoms with Crippen molar-refractivity contribution >= 4 is 33.5 Å². The van der Waals surface area contributed by atoms with Gasteiger partial charge < -0.3 is 14.5 Å². The van der Waals surface area contributed by atoms with Gasteiger partial charge in [-0.15, -0.1) is 0 Å². The molecule has 0 aromatic heterocycles. The number of carbonyl (C=O) groups is 2. The van der Waals surface area contributed by atoms with Gasteiger partial charge in [-0.05, 0) is 31.9 Å². The van der Waals surface area contributed by atoms with Crippen LogP contribution in [0.2, 0.25) is 0 Å². The van der Waals surface area contributed by atoms with Crippen LogP contribution in [0.5, 0.6) is 0 Å². The smallest absolute Gasteiger partial charge is 0.309 e. The Bertz CT molecular complexity index is 683. The summed E-state index contributed by atoms with van der Waals surface area (Å²) in [5, 5.41) is 4.09. The van der Waals surface area contributed by atoms with Crippen LogP contribution in [0.15, 0.2) is 33.9 Å². The Balaban J connectivity index is 1.53. The molecule has 1 fully saturated rings. The highest BCUT2D eigenvalue weighted by Gasteiger charge is 2.35. The van der Waals surface area contributed by atoms with Gasteiger partial charge in [0.1, 0.15) is 0 Å². The molecule has 2 heterocycles. The average Bonchev–Trinajstić information content (AvgIpc) is 3.11. The maximum atomic E-state index is 12.6. The molecule has 0 aliphatic carbocycles. The monoisotopic (exact) mass is 408 g/mol. The van der Waals surface area contributed by atoms with Crippen molar-refractivity contribution in [3.8, 4) is 0 Å². The highest BCUT2D eigenvalue weighted by molar-refractivity contribution is 9.10. The van der Waals surface area contributed by atoms with Gasteiger partial charge in [-0.2, -0.15) is 0 Å². The molecule has 2 aliphatic rings. The van der Waals surface area contributed by atoms with Crippen molar-refractivity contribution in [3.63, 3.8) is 0 Å². The van der Waals surface area contributed by atoms with Crippen molar-refractivity contribution in [1.82, 2.24) is 4.90 Å². The lowest BCUT2D eigenvalue weighted by Crippen LogP contribution is -2.45. The third kappa shape index (κ3) is 4.21. The summed E-state index contributed by atoms with van der Waals surface area (Å²) in [6.45, 7) is 3.29. The Morgan fingerprint density at radius 3 is 2.80 bits per heavy atom. The van der Waals surface area contributed by atoms with Crippen LogP contribution in [0.4, 0.5) is 0 Å². The van der Waals surface area contributed by atoms with E-state index in [1.807, 2.05) is 24.3 Å². The fourth-order valence-corrected chi connectivity index (χ4v) is 3.55. The molecule has 0 spiro atoms. The maximum absolute atomic E-state index is 12.6. The summed E-state index contributed by atoms with van der Waals surface area (Å²) < 4.78 is 6.02. The van der Waals surface area contributed by atoms with Crippen molar-refractivity contribution in [2.45, 2.75) is 32.3 Å². The van der Waals surface area contributed by atoms with Crippen molar-refractivity contribution in [1.29, 1.82) is 0 Å². The van der Waals surface area contributed by atoms with Crippen LogP contribution in [0.3, 0.4) is 0 Å². The van der Waals surface area contributed by atoms with E-state index in [1.165, 1.54) is 0 Å². The number of halogens is 1. The summed E-state index contributed by atoms with van der Waals surface area (Å²) in [5.74, 6) is -0.329. The second-order valence-corrected chi connectivity index (χ2v) is 7.11. The first-order chi connectivity index (χ1) is 12.1. The lowest BCUT2D eigenvalue weighted by atomic mass is 9.96. The number of piperidine rings is 1. The normalized spacial score (nSPS) is 20.8. The lowest BCUT2D eigenvalue weighted by molar-refractivity contribution is -0.153. The van der Waals surface area contributed by atoms with E-state index in [4.69, 9.17) is 9.57 Å². The van der Waals surface area contributed by atoms with Crippen LogP contribution in [0, 0.1) is 5.92 Å². The van der Waals surface area contributed by atoms with E-state index in [2.05, 4.69) is 21.1 Å². The number of amides is 1. The van der Waals surface area contributed by atoms with Crippen molar-refractivity contribution < 1.29 is 19.2 Å². The highest BCUT2D eigenvalue weighted by atomic mass is 79.9. The number of esters is 1. The first-order valence-corrected chi connectivity index (χ1v) is 9.32. The predicted octanol–water partition coefficient (Wildman–Crippen LogP) is 2.74. The molecule has 2 aliphatic heterocycles. The van der Waals surface area contributed by atoms with E-state index in [0.717, 1.165) is 15.7 Å². The van der Waals surface area contributed by atoms with Crippen molar-refractivity contribution in [2.75, 3.05) is 19.7 Å². The lowest BCUT2D eigenvalue weighted by Gasteiger charge is -2.31. The van der Waals surface area contributed by atoms with Crippen molar-refractivity contribution in [3.05, 3.63) is 34.3 Å². The highest BCUT2D eigenvalue weighted by Crippen LogP contribution is 2.24. The zero-order valence-electron chi connectivity index (χ0n) is 14.1. The Kier molecular flexibility index (Phi) is 5.73. The van der Waals surface area contributed by atoms with E-state index in [0.29, 0.717) is 39.0 Å². The molecule has 134 valence electrons. The number of benzene rings is 1. The molecule has 0 N–H and O–H groups in total. The van der Waals surface area contributed by atoms with Crippen molar-refractivity contribution in [2.24, 2.45) is 11.1 Å². The largest absolute Gasteiger partial charge is 0.466 e. The Morgan fingerprint density at radius 2 is 2.12 bits per heavy atom. The molecule has 1 aromatic rings. The zero-order chi connectivity index (χ0) is 17.8. The number of ether oxygens (including phenoxy) is 1. The number of rotatable bonds is 4. The van der Waals surface area contributed by atoms with Gasteiger partial charge in [0.25, 0.3) is 5.91 Å². The number of oxime groups is 1. The molecule has 1 saturated heterocycles. The average molecular weight is 409 g/mol. The van der Waals surface area contributed by atoms with Crippen LogP contribution in [-0.4, -0.2) is 48.3 Å². The molecule has 6 nitrogen and oxygen atoms in total. The van der Waals surface area contributed by atoms with E-state index >= 15 is 0 Å². The molecule has 3 rings (SSSR count). The molecule has 1 aromatic carbocycles. The molecular formula is C18H21BrN2O4. The van der Waals surface area contributed by atoms with E-state index in [-0.39, 0.29) is 17.8 Å². The van der Waals surface area contributed by atoms with Crippen LogP contribution in [0.1, 0.15) is 31.7 Å². The number of hydrogen-bond acceptors (Lipinski definition) is 5. The summed E-state index contributed by atoms with van der Waals surface area (Å²) in [5.41, 5.74) is 1.73. The van der Waals surface area contributed by atoms with E-state index in [1.54, 1.807) is 11.8 Å². The SMILES string of the molecule is CCOC(=O)C1CCN(C(=O)C2CC(c3cccc(Br)c3)=NO2)CC1. The molecule has 0 radical (unpaired) electrons. The summed E-state index contributed by atoms with van der Waals surface area (Å²) in [4.78, 5) is 31.6. The first kappa shape index (κ1) is 17.9. The van der Waals surface area contributed by atoms with Gasteiger partial charge in [-0.1, -0.05) is 33.2 Å². The molecule has 0 bridgehead atoms. The predicted molar refractivity (Wildman–Crippen MR) is 96.1 cm³/mol. The number of carbonyl (C=O) groups excluding carboxylic acids is 2. The quantitative estimate of drug-likeness (QED) is 0.718. The molecule has 0 saturated carbocycles. The summed E-state index contributed by atoms with van der Waals surface area (Å²) >= 11 is 3.44. The molecular weight excluding hydrogens is 388 g/mol. The van der Waals surface area contributed by atoms with Crippen LogP contribution in [0.25, 0.3) is 0 Å². The van der Waals surface area contributed by atoms with Gasteiger partial charge in [-0.3, -0.25) is 9.59 Å². The zero-order valence-corrected chi connectivity index (χ0v) is 15.7. The summed E-state index contributed by atoms with van der Waals surface area (Å²) in [6.07, 6.45) is 1.16. The Morgan fingerprint density at radius 1 is 1.36 bits per heavy atom. The topological polar surface area (TPSA) is 68.2 Å². The molecule has 1 unspecified atom stereocenters. The third-order valence-electron chi connectivity index (χ3n) is 4.53. The van der Waals surface area contributed by atoms with Gasteiger partial charge >= 0.3 is 5.97 Å². The number of nitrogens with zero attached hydrogens (tertiary/aromatic N) is 2. The minimum Gasteiger partial charge on any atom is -0.466 e. The van der Waals surface area contributed by atoms with Crippen LogP contribution >= 0.6 is 15.9 Å². The second-order valence-electron chi connectivity index (χ2n) is 6.20. The minimum absolute atomic E-state index is 0.0592. The molecule has 1 amide bonds. The Hall–Kier alpha value is -1.89. The summed E-state index contributed by atoms with van der Waals surface area (Å²) in [7, 11) is 0. The molecule has 25 heavy (non-hydrogen) atoms. The van der Waals surface area contributed by atoms with Gasteiger partial charge in [0, 0.05) is 29.5 Å². The van der Waals surface area contributed by atoms with Crippen LogP contribution in [-0.2, 0) is 19.2 Å². The molecule has 7 heteroatoms. The fourth-order valence-electron chi connectivity index (χ4n) is 3.15. The first-order valence-electron chi connectivity index (χ1n) is 8.52. The number of hydrogen-bond donors (Lipinski definition) is 0. The standard InChI is InChI=1S/C18H21BrN2O4/c1-2-24-18(23)12-6-8-21(9-7-12)17(22)16-11-15(20-25-16)13-4-3-5-14(19)10-13/h3-5,10,12,16H,2,6-9,11H2,1H3. The Labute approximate surface area is 155 Å². The van der Waals surface area contributed by atoms with Gasteiger partial charge in [0.2, 0.25) is 6.10 Å². The van der Waals surface area contributed by atoms with Gasteiger partial charge in [-0.25, -0.2) is 0 Å². The van der Waals surface area contributed by atoms with Gasteiger partial charge in [0.15, 0.2) is 0 Å². The third-order valence-corrected chi connectivity index (χ3v) is 5.02. The minimum atomic E-state index is -0.576. The fraction of sp³-hybridized carbons (Fsp3) is 0.500. The molecule has 1 atom stereocenters. The second kappa shape index (κ2) is 7.99. The van der Waals surface area contributed by atoms with E-state index in [9.17, 15) is 9.59 Å². The summed E-state index contributed by atoms with van der Waals surface area (Å²) in [6, 6.07) is 7.78. The van der Waals surface area contributed by atoms with Crippen LogP contribution < -0.4 is 0 Å². The maximum Gasteiger partial charge on any atom is 0.309 e. The van der Waals surface area contributed by atoms with E-state index < -0.39 is 6.10 Å². The number of likely N-dealkylation sites (tertiary alicyclic amines) is 1.